The van der Waals surface area contributed by atoms with Crippen molar-refractivity contribution in [3.8, 4) is 0 Å². The molecule has 1 N–H and O–H groups in total. The van der Waals surface area contributed by atoms with Crippen molar-refractivity contribution in [2.45, 2.75) is 19.5 Å². The molecule has 0 spiro atoms. The molecule has 1 atom stereocenters. The lowest BCUT2D eigenvalue weighted by Gasteiger charge is -2.15. The molecule has 0 aliphatic heterocycles. The second kappa shape index (κ2) is 6.13. The molecule has 2 aromatic rings. The quantitative estimate of drug-likeness (QED) is 0.872. The summed E-state index contributed by atoms with van der Waals surface area (Å²) in [7, 11) is 0. The Balaban J connectivity index is 2.02. The molecular weight excluding hydrogens is 268 g/mol. The molecule has 0 aliphatic carbocycles. The number of rotatable bonds is 4. The molecule has 2 aromatic carbocycles. The highest BCUT2D eigenvalue weighted by atomic mass is 35.5. The Morgan fingerprint density at radius 1 is 1.11 bits per heavy atom. The van der Waals surface area contributed by atoms with Gasteiger partial charge in [-0.15, -0.1) is 0 Å². The molecule has 1 nitrogen and oxygen atoms in total. The van der Waals surface area contributed by atoms with Crippen molar-refractivity contribution in [1.29, 1.82) is 0 Å². The Bertz CT molecular complexity index is 572. The highest BCUT2D eigenvalue weighted by molar-refractivity contribution is 6.30. The molecule has 0 saturated carbocycles. The SMILES string of the molecule is CC(NCc1ccc(F)c(Cl)c1)c1ccccc1F. The third-order valence-corrected chi connectivity index (χ3v) is 3.26. The monoisotopic (exact) mass is 281 g/mol. The Kier molecular flexibility index (Phi) is 4.51. The maximum absolute atomic E-state index is 13.6. The third kappa shape index (κ3) is 3.52. The zero-order valence-electron chi connectivity index (χ0n) is 10.5. The first-order valence-electron chi connectivity index (χ1n) is 5.99. The Labute approximate surface area is 116 Å². The minimum absolute atomic E-state index is 0.0952. The number of benzene rings is 2. The van der Waals surface area contributed by atoms with Gasteiger partial charge in [0.2, 0.25) is 0 Å². The van der Waals surface area contributed by atoms with E-state index in [4.69, 9.17) is 11.6 Å². The molecule has 0 radical (unpaired) electrons. The Hall–Kier alpha value is -1.45. The van der Waals surface area contributed by atoms with E-state index in [0.29, 0.717) is 12.1 Å². The number of nitrogens with one attached hydrogen (secondary N) is 1. The van der Waals surface area contributed by atoms with Gasteiger partial charge >= 0.3 is 0 Å². The van der Waals surface area contributed by atoms with Crippen LogP contribution < -0.4 is 5.32 Å². The van der Waals surface area contributed by atoms with E-state index in [1.807, 2.05) is 6.92 Å². The van der Waals surface area contributed by atoms with E-state index in [2.05, 4.69) is 5.32 Å². The molecule has 100 valence electrons. The zero-order chi connectivity index (χ0) is 13.8. The van der Waals surface area contributed by atoms with Gasteiger partial charge in [0.1, 0.15) is 11.6 Å². The summed E-state index contributed by atoms with van der Waals surface area (Å²) >= 11 is 5.71. The van der Waals surface area contributed by atoms with Gasteiger partial charge in [0.15, 0.2) is 0 Å². The van der Waals surface area contributed by atoms with Crippen LogP contribution >= 0.6 is 11.6 Å². The van der Waals surface area contributed by atoms with E-state index < -0.39 is 5.82 Å². The minimum atomic E-state index is -0.437. The number of halogens is 3. The average Bonchev–Trinajstić information content (AvgIpc) is 2.40. The predicted octanol–water partition coefficient (Wildman–Crippen LogP) is 4.47. The van der Waals surface area contributed by atoms with E-state index in [9.17, 15) is 8.78 Å². The fraction of sp³-hybridized carbons (Fsp3) is 0.200. The molecular formula is C15H14ClF2N. The second-order valence-electron chi connectivity index (χ2n) is 4.37. The van der Waals surface area contributed by atoms with Crippen LogP contribution in [0.3, 0.4) is 0 Å². The highest BCUT2D eigenvalue weighted by Gasteiger charge is 2.09. The van der Waals surface area contributed by atoms with Gasteiger partial charge in [-0.3, -0.25) is 0 Å². The average molecular weight is 282 g/mol. The number of hydrogen-bond acceptors (Lipinski definition) is 1. The fourth-order valence-corrected chi connectivity index (χ4v) is 2.06. The van der Waals surface area contributed by atoms with Gasteiger partial charge in [-0.25, -0.2) is 8.78 Å². The topological polar surface area (TPSA) is 12.0 Å². The van der Waals surface area contributed by atoms with Crippen LogP contribution in [0, 0.1) is 11.6 Å². The van der Waals surface area contributed by atoms with E-state index >= 15 is 0 Å². The molecule has 0 saturated heterocycles. The van der Waals surface area contributed by atoms with Crippen LogP contribution in [0.15, 0.2) is 42.5 Å². The van der Waals surface area contributed by atoms with Crippen LogP contribution in [0.2, 0.25) is 5.02 Å². The van der Waals surface area contributed by atoms with E-state index in [-0.39, 0.29) is 16.9 Å². The van der Waals surface area contributed by atoms with Crippen molar-refractivity contribution in [1.82, 2.24) is 5.32 Å². The second-order valence-corrected chi connectivity index (χ2v) is 4.78. The highest BCUT2D eigenvalue weighted by Crippen LogP contribution is 2.19. The first kappa shape index (κ1) is 14.0. The van der Waals surface area contributed by atoms with Gasteiger partial charge in [0, 0.05) is 18.2 Å². The lowest BCUT2D eigenvalue weighted by molar-refractivity contribution is 0.528. The normalized spacial score (nSPS) is 12.4. The van der Waals surface area contributed by atoms with Crippen LogP contribution in [-0.2, 0) is 6.54 Å². The molecule has 4 heteroatoms. The van der Waals surface area contributed by atoms with E-state index in [1.54, 1.807) is 30.3 Å². The summed E-state index contributed by atoms with van der Waals surface area (Å²) in [5.74, 6) is -0.674. The molecule has 19 heavy (non-hydrogen) atoms. The largest absolute Gasteiger partial charge is 0.306 e. The van der Waals surface area contributed by atoms with Crippen molar-refractivity contribution in [2.75, 3.05) is 0 Å². The Morgan fingerprint density at radius 3 is 2.53 bits per heavy atom. The summed E-state index contributed by atoms with van der Waals surface area (Å²) in [6.45, 7) is 2.37. The van der Waals surface area contributed by atoms with Crippen molar-refractivity contribution < 1.29 is 8.78 Å². The summed E-state index contributed by atoms with van der Waals surface area (Å²) in [6.07, 6.45) is 0. The number of hydrogen-bond donors (Lipinski definition) is 1. The molecule has 1 unspecified atom stereocenters. The van der Waals surface area contributed by atoms with Crippen LogP contribution in [0.25, 0.3) is 0 Å². The molecule has 0 fully saturated rings. The molecule has 0 aromatic heterocycles. The minimum Gasteiger partial charge on any atom is -0.306 e. The maximum atomic E-state index is 13.6. The lowest BCUT2D eigenvalue weighted by Crippen LogP contribution is -2.19. The van der Waals surface area contributed by atoms with Crippen molar-refractivity contribution >= 4 is 11.6 Å². The molecule has 0 amide bonds. The zero-order valence-corrected chi connectivity index (χ0v) is 11.2. The van der Waals surface area contributed by atoms with Gasteiger partial charge in [-0.05, 0) is 30.7 Å². The van der Waals surface area contributed by atoms with Gasteiger partial charge in [-0.1, -0.05) is 35.9 Å². The summed E-state index contributed by atoms with van der Waals surface area (Å²) in [6, 6.07) is 11.0. The predicted molar refractivity (Wildman–Crippen MR) is 73.1 cm³/mol. The third-order valence-electron chi connectivity index (χ3n) is 2.97. The summed E-state index contributed by atoms with van der Waals surface area (Å²) in [5, 5.41) is 3.28. The van der Waals surface area contributed by atoms with Crippen LogP contribution in [-0.4, -0.2) is 0 Å². The standard InChI is InChI=1S/C15H14ClF2N/c1-10(12-4-2-3-5-14(12)17)19-9-11-6-7-15(18)13(16)8-11/h2-8,10,19H,9H2,1H3. The summed E-state index contributed by atoms with van der Waals surface area (Å²) in [5.41, 5.74) is 1.46. The Morgan fingerprint density at radius 2 is 1.84 bits per heavy atom. The van der Waals surface area contributed by atoms with Gasteiger partial charge in [-0.2, -0.15) is 0 Å². The van der Waals surface area contributed by atoms with Gasteiger partial charge < -0.3 is 5.32 Å². The smallest absolute Gasteiger partial charge is 0.141 e. The van der Waals surface area contributed by atoms with Crippen LogP contribution in [0.1, 0.15) is 24.1 Å². The fourth-order valence-electron chi connectivity index (χ4n) is 1.86. The van der Waals surface area contributed by atoms with Crippen LogP contribution in [0.5, 0.6) is 0 Å². The van der Waals surface area contributed by atoms with Crippen LogP contribution in [0.4, 0.5) is 8.78 Å². The molecule has 0 heterocycles. The van der Waals surface area contributed by atoms with Crippen molar-refractivity contribution in [3.63, 3.8) is 0 Å². The van der Waals surface area contributed by atoms with Crippen molar-refractivity contribution in [3.05, 3.63) is 70.2 Å². The molecule has 0 aliphatic rings. The van der Waals surface area contributed by atoms with Gasteiger partial charge in [0.25, 0.3) is 0 Å². The summed E-state index contributed by atoms with van der Waals surface area (Å²) < 4.78 is 26.6. The first-order valence-corrected chi connectivity index (χ1v) is 6.37. The maximum Gasteiger partial charge on any atom is 0.141 e. The first-order chi connectivity index (χ1) is 9.08. The summed E-state index contributed by atoms with van der Waals surface area (Å²) in [4.78, 5) is 0. The molecule has 0 bridgehead atoms. The lowest BCUT2D eigenvalue weighted by atomic mass is 10.1. The van der Waals surface area contributed by atoms with E-state index in [1.165, 1.54) is 12.1 Å². The van der Waals surface area contributed by atoms with E-state index in [0.717, 1.165) is 5.56 Å². The van der Waals surface area contributed by atoms with Gasteiger partial charge in [0.05, 0.1) is 5.02 Å². The van der Waals surface area contributed by atoms with Crippen molar-refractivity contribution in [2.24, 2.45) is 0 Å². The molecule has 2 rings (SSSR count).